The fourth-order valence-corrected chi connectivity index (χ4v) is 9.31. The van der Waals surface area contributed by atoms with E-state index in [-0.39, 0.29) is 5.41 Å². The van der Waals surface area contributed by atoms with Crippen LogP contribution in [0.4, 0.5) is 17.2 Å². The van der Waals surface area contributed by atoms with Crippen molar-refractivity contribution in [2.45, 2.75) is 19.3 Å². The van der Waals surface area contributed by atoms with E-state index in [0.717, 1.165) is 28.3 Å². The minimum atomic E-state index is -0.266. The molecule has 0 N–H and O–H groups in total. The summed E-state index contributed by atoms with van der Waals surface area (Å²) in [4.78, 5) is 13.1. The van der Waals surface area contributed by atoms with E-state index >= 15 is 0 Å². The number of benzene rings is 7. The molecule has 3 nitrogen and oxygen atoms in total. The summed E-state index contributed by atoms with van der Waals surface area (Å²) >= 11 is 1.88. The van der Waals surface area contributed by atoms with Gasteiger partial charge in [0.2, 0.25) is 0 Å². The summed E-state index contributed by atoms with van der Waals surface area (Å²) < 4.78 is 2.57. The van der Waals surface area contributed by atoms with Gasteiger partial charge in [-0.15, -0.1) is 11.3 Å². The highest BCUT2D eigenvalue weighted by Crippen LogP contribution is 2.58. The Morgan fingerprint density at radius 3 is 1.88 bits per heavy atom. The molecule has 0 saturated heterocycles. The van der Waals surface area contributed by atoms with Crippen LogP contribution in [0.2, 0.25) is 0 Å². The summed E-state index contributed by atoms with van der Waals surface area (Å²) in [7, 11) is 0. The molecular weight excluding hydrogens is 639 g/mol. The van der Waals surface area contributed by atoms with E-state index in [9.17, 15) is 0 Å². The molecular formula is C47H33N3S. The molecule has 0 spiro atoms. The first-order chi connectivity index (χ1) is 25.1. The standard InChI is InChI=1S/C47H33N3S/c1-47(2)37-22-12-13-23-39(37)50(44-43(47)35-20-10-9-19-34(35)42-36-21-11-14-24-40(36)51-45(42)44)41-29-38(32-17-7-4-8-18-32)48-46(49-41)33-27-25-31(26-28-33)30-15-5-3-6-16-30/h3-29H,1-2H3. The van der Waals surface area contributed by atoms with Crippen molar-refractivity contribution >= 4 is 59.5 Å². The van der Waals surface area contributed by atoms with Crippen LogP contribution in [0, 0.1) is 0 Å². The molecule has 51 heavy (non-hydrogen) atoms. The molecule has 0 aliphatic carbocycles. The number of aromatic nitrogens is 2. The molecule has 1 aliphatic heterocycles. The van der Waals surface area contributed by atoms with Gasteiger partial charge in [-0.05, 0) is 45.2 Å². The molecule has 0 unspecified atom stereocenters. The molecule has 7 aromatic carbocycles. The van der Waals surface area contributed by atoms with Gasteiger partial charge in [-0.3, -0.25) is 4.90 Å². The normalized spacial score (nSPS) is 13.4. The second-order valence-electron chi connectivity index (χ2n) is 13.8. The minimum absolute atomic E-state index is 0.266. The van der Waals surface area contributed by atoms with E-state index in [0.29, 0.717) is 5.82 Å². The third-order valence-electron chi connectivity index (χ3n) is 10.4. The lowest BCUT2D eigenvalue weighted by atomic mass is 9.71. The van der Waals surface area contributed by atoms with Crippen LogP contribution in [0.3, 0.4) is 0 Å². The van der Waals surface area contributed by atoms with Crippen LogP contribution in [0.15, 0.2) is 164 Å². The zero-order chi connectivity index (χ0) is 34.1. The van der Waals surface area contributed by atoms with E-state index in [4.69, 9.17) is 9.97 Å². The lowest BCUT2D eigenvalue weighted by Crippen LogP contribution is -2.31. The fourth-order valence-electron chi connectivity index (χ4n) is 8.05. The second kappa shape index (κ2) is 11.5. The van der Waals surface area contributed by atoms with Gasteiger partial charge < -0.3 is 0 Å². The number of fused-ring (bicyclic) bond motifs is 9. The Morgan fingerprint density at radius 1 is 0.529 bits per heavy atom. The van der Waals surface area contributed by atoms with E-state index in [1.54, 1.807) is 0 Å². The average molecular weight is 672 g/mol. The second-order valence-corrected chi connectivity index (χ2v) is 14.8. The Labute approximate surface area is 301 Å². The van der Waals surface area contributed by atoms with Gasteiger partial charge in [-0.25, -0.2) is 9.97 Å². The van der Waals surface area contributed by atoms with E-state index in [2.05, 4.69) is 183 Å². The smallest absolute Gasteiger partial charge is 0.162 e. The lowest BCUT2D eigenvalue weighted by Gasteiger charge is -2.42. The van der Waals surface area contributed by atoms with E-state index in [1.807, 2.05) is 11.3 Å². The van der Waals surface area contributed by atoms with Crippen LogP contribution in [0.5, 0.6) is 0 Å². The van der Waals surface area contributed by atoms with Crippen LogP contribution >= 0.6 is 11.3 Å². The van der Waals surface area contributed by atoms with Crippen molar-refractivity contribution < 1.29 is 0 Å². The third-order valence-corrected chi connectivity index (χ3v) is 11.6. The number of para-hydroxylation sites is 1. The molecule has 0 bridgehead atoms. The molecule has 3 heterocycles. The van der Waals surface area contributed by atoms with Crippen LogP contribution < -0.4 is 4.90 Å². The molecule has 0 fully saturated rings. The van der Waals surface area contributed by atoms with Gasteiger partial charge in [-0.2, -0.15) is 0 Å². The number of hydrogen-bond acceptors (Lipinski definition) is 4. The predicted octanol–water partition coefficient (Wildman–Crippen LogP) is 13.1. The van der Waals surface area contributed by atoms with Crippen LogP contribution in [-0.2, 0) is 5.41 Å². The molecule has 9 aromatic rings. The van der Waals surface area contributed by atoms with Gasteiger partial charge in [-0.1, -0.05) is 159 Å². The van der Waals surface area contributed by atoms with Crippen LogP contribution in [-0.4, -0.2) is 9.97 Å². The largest absolute Gasteiger partial charge is 0.293 e. The Balaban J connectivity index is 1.29. The van der Waals surface area contributed by atoms with Crippen molar-refractivity contribution in [1.82, 2.24) is 9.97 Å². The van der Waals surface area contributed by atoms with Crippen LogP contribution in [0.1, 0.15) is 25.0 Å². The molecule has 0 radical (unpaired) electrons. The van der Waals surface area contributed by atoms with Gasteiger partial charge in [0.1, 0.15) is 5.82 Å². The lowest BCUT2D eigenvalue weighted by molar-refractivity contribution is 0.638. The molecule has 10 rings (SSSR count). The molecule has 1 aliphatic rings. The van der Waals surface area contributed by atoms with Gasteiger partial charge in [0.25, 0.3) is 0 Å². The monoisotopic (exact) mass is 671 g/mol. The topological polar surface area (TPSA) is 29.0 Å². The average Bonchev–Trinajstić information content (AvgIpc) is 3.59. The van der Waals surface area contributed by atoms with Gasteiger partial charge >= 0.3 is 0 Å². The predicted molar refractivity (Wildman–Crippen MR) is 216 cm³/mol. The minimum Gasteiger partial charge on any atom is -0.293 e. The van der Waals surface area contributed by atoms with Crippen molar-refractivity contribution in [2.24, 2.45) is 0 Å². The van der Waals surface area contributed by atoms with Gasteiger partial charge in [0.15, 0.2) is 5.82 Å². The summed E-state index contributed by atoms with van der Waals surface area (Å²) in [5.74, 6) is 1.55. The first kappa shape index (κ1) is 29.8. The number of hydrogen-bond donors (Lipinski definition) is 0. The Kier molecular flexibility index (Phi) is 6.70. The summed E-state index contributed by atoms with van der Waals surface area (Å²) in [6.07, 6.45) is 0. The Hall–Kier alpha value is -6.10. The quantitative estimate of drug-likeness (QED) is 0.186. The van der Waals surface area contributed by atoms with Crippen LogP contribution in [0.25, 0.3) is 64.7 Å². The van der Waals surface area contributed by atoms with Crippen molar-refractivity contribution in [2.75, 3.05) is 4.90 Å². The van der Waals surface area contributed by atoms with Crippen molar-refractivity contribution in [3.05, 3.63) is 175 Å². The summed E-state index contributed by atoms with van der Waals surface area (Å²) in [5, 5.41) is 5.17. The van der Waals surface area contributed by atoms with Gasteiger partial charge in [0.05, 0.1) is 21.8 Å². The zero-order valence-electron chi connectivity index (χ0n) is 28.3. The molecule has 242 valence electrons. The van der Waals surface area contributed by atoms with Crippen molar-refractivity contribution in [3.63, 3.8) is 0 Å². The SMILES string of the molecule is CC1(C)c2ccccc2N(c2cc(-c3ccccc3)nc(-c3ccc(-c4ccccc4)cc3)n2)c2c1c1ccccc1c1c2sc2ccccc21. The molecule has 0 amide bonds. The summed E-state index contributed by atoms with van der Waals surface area (Å²) in [6.45, 7) is 4.76. The van der Waals surface area contributed by atoms with E-state index < -0.39 is 0 Å². The Morgan fingerprint density at radius 2 is 1.12 bits per heavy atom. The highest BCUT2D eigenvalue weighted by Gasteiger charge is 2.41. The first-order valence-corrected chi connectivity index (χ1v) is 18.2. The number of thiophene rings is 1. The number of rotatable bonds is 4. The fraction of sp³-hybridized carbons (Fsp3) is 0.0638. The highest BCUT2D eigenvalue weighted by molar-refractivity contribution is 7.26. The molecule has 2 aromatic heterocycles. The third kappa shape index (κ3) is 4.64. The number of anilines is 3. The highest BCUT2D eigenvalue weighted by atomic mass is 32.1. The van der Waals surface area contributed by atoms with Gasteiger partial charge in [0, 0.05) is 38.1 Å². The first-order valence-electron chi connectivity index (χ1n) is 17.4. The zero-order valence-corrected chi connectivity index (χ0v) is 29.2. The maximum atomic E-state index is 5.46. The summed E-state index contributed by atoms with van der Waals surface area (Å²) in [6, 6.07) is 58.4. The molecule has 0 atom stereocenters. The summed E-state index contributed by atoms with van der Waals surface area (Å²) in [5.41, 5.74) is 9.96. The number of nitrogens with zero attached hydrogens (tertiary/aromatic N) is 3. The maximum Gasteiger partial charge on any atom is 0.162 e. The Bertz CT molecular complexity index is 2770. The maximum absolute atomic E-state index is 5.46. The van der Waals surface area contributed by atoms with E-state index in [1.165, 1.54) is 58.9 Å². The molecule has 4 heteroatoms. The molecule has 0 saturated carbocycles. The van der Waals surface area contributed by atoms with Crippen molar-refractivity contribution in [3.8, 4) is 33.8 Å². The van der Waals surface area contributed by atoms with Crippen molar-refractivity contribution in [1.29, 1.82) is 0 Å².